The molecule has 0 radical (unpaired) electrons. The molecule has 1 aliphatic heterocycles. The number of carbonyl (C=O) groups is 1. The van der Waals surface area contributed by atoms with E-state index < -0.39 is 0 Å². The van der Waals surface area contributed by atoms with Gasteiger partial charge in [-0.25, -0.2) is 9.97 Å². The molecule has 1 amide bonds. The number of nitrogens with zero attached hydrogens (tertiary/aromatic N) is 3. The van der Waals surface area contributed by atoms with Crippen molar-refractivity contribution in [2.75, 3.05) is 18.0 Å². The standard InChI is InChI=1S/C18H26N4OS/c1-11(2)9-14-10-24-18-16(14)17(19-12(3)20-18)22-7-5-15(6-8-22)21-13(4)23/h10-11,15H,5-9H2,1-4H3,(H,21,23). The quantitative estimate of drug-likeness (QED) is 0.923. The van der Waals surface area contributed by atoms with Crippen molar-refractivity contribution in [3.63, 3.8) is 0 Å². The number of amides is 1. The van der Waals surface area contributed by atoms with Crippen LogP contribution in [0.4, 0.5) is 5.82 Å². The molecule has 1 fully saturated rings. The predicted octanol–water partition coefficient (Wildman–Crippen LogP) is 3.30. The number of hydrogen-bond donors (Lipinski definition) is 1. The molecule has 3 heterocycles. The highest BCUT2D eigenvalue weighted by molar-refractivity contribution is 7.17. The van der Waals surface area contributed by atoms with Crippen LogP contribution in [0, 0.1) is 12.8 Å². The lowest BCUT2D eigenvalue weighted by atomic mass is 10.0. The summed E-state index contributed by atoms with van der Waals surface area (Å²) in [4.78, 5) is 24.1. The van der Waals surface area contributed by atoms with Crippen LogP contribution in [0.3, 0.4) is 0 Å². The number of hydrogen-bond acceptors (Lipinski definition) is 5. The topological polar surface area (TPSA) is 58.1 Å². The number of rotatable bonds is 4. The van der Waals surface area contributed by atoms with Crippen LogP contribution in [-0.4, -0.2) is 35.0 Å². The lowest BCUT2D eigenvalue weighted by Gasteiger charge is -2.33. The maximum atomic E-state index is 11.3. The van der Waals surface area contributed by atoms with Gasteiger partial charge in [0.1, 0.15) is 16.5 Å². The second-order valence-electron chi connectivity index (χ2n) is 7.10. The van der Waals surface area contributed by atoms with Crippen LogP contribution >= 0.6 is 11.3 Å². The lowest BCUT2D eigenvalue weighted by Crippen LogP contribution is -2.44. The van der Waals surface area contributed by atoms with Gasteiger partial charge in [-0.3, -0.25) is 4.79 Å². The van der Waals surface area contributed by atoms with Crippen molar-refractivity contribution in [2.24, 2.45) is 5.92 Å². The van der Waals surface area contributed by atoms with Crippen molar-refractivity contribution in [1.29, 1.82) is 0 Å². The fraction of sp³-hybridized carbons (Fsp3) is 0.611. The summed E-state index contributed by atoms with van der Waals surface area (Å²) in [6.45, 7) is 9.90. The third-order valence-electron chi connectivity index (χ3n) is 4.43. The molecule has 0 atom stereocenters. The fourth-order valence-corrected chi connectivity index (χ4v) is 4.42. The number of piperidine rings is 1. The third-order valence-corrected chi connectivity index (χ3v) is 5.35. The van der Waals surface area contributed by atoms with Gasteiger partial charge in [-0.05, 0) is 43.0 Å². The van der Waals surface area contributed by atoms with Crippen molar-refractivity contribution < 1.29 is 4.79 Å². The lowest BCUT2D eigenvalue weighted by molar-refractivity contribution is -0.119. The minimum absolute atomic E-state index is 0.0609. The zero-order valence-electron chi connectivity index (χ0n) is 14.9. The Kier molecular flexibility index (Phi) is 5.04. The van der Waals surface area contributed by atoms with E-state index in [9.17, 15) is 4.79 Å². The number of nitrogens with one attached hydrogen (secondary N) is 1. The smallest absolute Gasteiger partial charge is 0.217 e. The van der Waals surface area contributed by atoms with E-state index in [2.05, 4.69) is 34.4 Å². The molecule has 0 aliphatic carbocycles. The second kappa shape index (κ2) is 7.05. The van der Waals surface area contributed by atoms with E-state index >= 15 is 0 Å². The average Bonchev–Trinajstić information content (AvgIpc) is 2.88. The predicted molar refractivity (Wildman–Crippen MR) is 99.7 cm³/mol. The Morgan fingerprint density at radius 2 is 2.08 bits per heavy atom. The van der Waals surface area contributed by atoms with Crippen molar-refractivity contribution >= 4 is 33.3 Å². The number of aromatic nitrogens is 2. The SMILES string of the molecule is CC(=O)NC1CCN(c2nc(C)nc3scc(CC(C)C)c23)CC1. The van der Waals surface area contributed by atoms with Crippen LogP contribution in [0.2, 0.25) is 0 Å². The van der Waals surface area contributed by atoms with Crippen LogP contribution in [0.15, 0.2) is 5.38 Å². The van der Waals surface area contributed by atoms with Crippen LogP contribution in [-0.2, 0) is 11.2 Å². The summed E-state index contributed by atoms with van der Waals surface area (Å²) in [6, 6.07) is 0.287. The van der Waals surface area contributed by atoms with Gasteiger partial charge in [0.25, 0.3) is 0 Å². The third kappa shape index (κ3) is 3.69. The molecule has 2 aromatic heterocycles. The molecule has 6 heteroatoms. The summed E-state index contributed by atoms with van der Waals surface area (Å²) in [5.41, 5.74) is 1.36. The highest BCUT2D eigenvalue weighted by Crippen LogP contribution is 2.34. The van der Waals surface area contributed by atoms with Gasteiger partial charge >= 0.3 is 0 Å². The second-order valence-corrected chi connectivity index (χ2v) is 7.95. The number of anilines is 1. The molecule has 0 spiro atoms. The van der Waals surface area contributed by atoms with E-state index in [1.807, 2.05) is 6.92 Å². The first-order valence-electron chi connectivity index (χ1n) is 8.70. The van der Waals surface area contributed by atoms with Crippen molar-refractivity contribution in [1.82, 2.24) is 15.3 Å². The molecule has 2 aromatic rings. The molecular formula is C18H26N4OS. The fourth-order valence-electron chi connectivity index (χ4n) is 3.43. The Bertz CT molecular complexity index is 732. The highest BCUT2D eigenvalue weighted by atomic mass is 32.1. The summed E-state index contributed by atoms with van der Waals surface area (Å²) >= 11 is 1.72. The van der Waals surface area contributed by atoms with Crippen LogP contribution in [0.5, 0.6) is 0 Å². The summed E-state index contributed by atoms with van der Waals surface area (Å²) in [6.07, 6.45) is 2.99. The van der Waals surface area contributed by atoms with Crippen molar-refractivity contribution in [3.05, 3.63) is 16.8 Å². The average molecular weight is 347 g/mol. The largest absolute Gasteiger partial charge is 0.356 e. The van der Waals surface area contributed by atoms with Gasteiger partial charge < -0.3 is 10.2 Å². The molecule has 5 nitrogen and oxygen atoms in total. The van der Waals surface area contributed by atoms with Gasteiger partial charge in [0.05, 0.1) is 5.39 Å². The van der Waals surface area contributed by atoms with E-state index in [-0.39, 0.29) is 11.9 Å². The number of aryl methyl sites for hydroxylation is 1. The van der Waals surface area contributed by atoms with E-state index in [0.29, 0.717) is 5.92 Å². The van der Waals surface area contributed by atoms with Crippen molar-refractivity contribution in [2.45, 2.75) is 53.0 Å². The number of thiophene rings is 1. The van der Waals surface area contributed by atoms with Crippen LogP contribution in [0.25, 0.3) is 10.2 Å². The molecule has 0 bridgehead atoms. The highest BCUT2D eigenvalue weighted by Gasteiger charge is 2.24. The molecule has 3 rings (SSSR count). The maximum absolute atomic E-state index is 11.3. The van der Waals surface area contributed by atoms with E-state index in [4.69, 9.17) is 4.98 Å². The van der Waals surface area contributed by atoms with Gasteiger partial charge in [0, 0.05) is 26.1 Å². The molecule has 0 unspecified atom stereocenters. The molecule has 0 aromatic carbocycles. The molecule has 0 saturated carbocycles. The first-order valence-corrected chi connectivity index (χ1v) is 9.58. The van der Waals surface area contributed by atoms with Gasteiger partial charge in [0.2, 0.25) is 5.91 Å². The first kappa shape index (κ1) is 17.1. The minimum Gasteiger partial charge on any atom is -0.356 e. The molecular weight excluding hydrogens is 320 g/mol. The van der Waals surface area contributed by atoms with Gasteiger partial charge in [0.15, 0.2) is 0 Å². The molecule has 130 valence electrons. The van der Waals surface area contributed by atoms with Crippen molar-refractivity contribution in [3.8, 4) is 0 Å². The maximum Gasteiger partial charge on any atom is 0.217 e. The van der Waals surface area contributed by atoms with Gasteiger partial charge in [-0.2, -0.15) is 0 Å². The Labute approximate surface area is 147 Å². The monoisotopic (exact) mass is 346 g/mol. The normalized spacial score (nSPS) is 16.1. The summed E-state index contributed by atoms with van der Waals surface area (Å²) in [7, 11) is 0. The van der Waals surface area contributed by atoms with Gasteiger partial charge in [-0.1, -0.05) is 13.8 Å². The summed E-state index contributed by atoms with van der Waals surface area (Å²) < 4.78 is 0. The van der Waals surface area contributed by atoms with Gasteiger partial charge in [-0.15, -0.1) is 11.3 Å². The molecule has 24 heavy (non-hydrogen) atoms. The Hall–Kier alpha value is -1.69. The Morgan fingerprint density at radius 3 is 2.71 bits per heavy atom. The van der Waals surface area contributed by atoms with Crippen LogP contribution < -0.4 is 10.2 Å². The molecule has 1 saturated heterocycles. The molecule has 1 N–H and O–H groups in total. The van der Waals surface area contributed by atoms with E-state index in [1.54, 1.807) is 18.3 Å². The first-order chi connectivity index (χ1) is 11.4. The summed E-state index contributed by atoms with van der Waals surface area (Å²) in [5, 5.41) is 6.51. The minimum atomic E-state index is 0.0609. The zero-order chi connectivity index (χ0) is 17.3. The summed E-state index contributed by atoms with van der Waals surface area (Å²) in [5.74, 6) is 2.59. The zero-order valence-corrected chi connectivity index (χ0v) is 15.7. The van der Waals surface area contributed by atoms with E-state index in [0.717, 1.165) is 48.8 Å². The Morgan fingerprint density at radius 1 is 1.38 bits per heavy atom. The van der Waals surface area contributed by atoms with Crippen LogP contribution in [0.1, 0.15) is 45.0 Å². The molecule has 1 aliphatic rings. The number of carbonyl (C=O) groups excluding carboxylic acids is 1. The Balaban J connectivity index is 1.88. The van der Waals surface area contributed by atoms with E-state index in [1.165, 1.54) is 10.9 Å². The number of fused-ring (bicyclic) bond motifs is 1.